The Morgan fingerprint density at radius 2 is 1.42 bits per heavy atom. The Morgan fingerprint density at radius 3 is 1.67 bits per heavy atom. The SMILES string of the molecule is C=CC(C)NP.CCCC(c1ccc(F)cc1)c1ccc(F)cc1. The van der Waals surface area contributed by atoms with E-state index in [1.54, 1.807) is 24.3 Å². The van der Waals surface area contributed by atoms with Gasteiger partial charge >= 0.3 is 0 Å². The molecule has 0 fully saturated rings. The van der Waals surface area contributed by atoms with E-state index in [2.05, 4.69) is 28.0 Å². The third-order valence-electron chi connectivity index (χ3n) is 3.74. The molecule has 0 radical (unpaired) electrons. The summed E-state index contributed by atoms with van der Waals surface area (Å²) < 4.78 is 25.9. The highest BCUT2D eigenvalue weighted by Crippen LogP contribution is 2.29. The molecule has 0 amide bonds. The van der Waals surface area contributed by atoms with Gasteiger partial charge in [0.15, 0.2) is 0 Å². The lowest BCUT2D eigenvalue weighted by Crippen LogP contribution is -2.10. The molecule has 4 heteroatoms. The summed E-state index contributed by atoms with van der Waals surface area (Å²) in [7, 11) is 2.42. The summed E-state index contributed by atoms with van der Waals surface area (Å²) in [5.74, 6) is -0.252. The molecule has 2 aromatic carbocycles. The lowest BCUT2D eigenvalue weighted by molar-refractivity contribution is 0.621. The third-order valence-corrected chi connectivity index (χ3v) is 4.26. The number of nitrogens with one attached hydrogen (secondary N) is 1. The maximum atomic E-state index is 12.9. The van der Waals surface area contributed by atoms with Crippen LogP contribution in [0.15, 0.2) is 61.2 Å². The number of hydrogen-bond acceptors (Lipinski definition) is 1. The zero-order chi connectivity index (χ0) is 17.9. The Labute approximate surface area is 146 Å². The van der Waals surface area contributed by atoms with E-state index < -0.39 is 0 Å². The van der Waals surface area contributed by atoms with E-state index in [4.69, 9.17) is 0 Å². The zero-order valence-electron chi connectivity index (χ0n) is 14.3. The molecule has 0 aromatic heterocycles. The van der Waals surface area contributed by atoms with Gasteiger partial charge in [0.05, 0.1) is 0 Å². The van der Waals surface area contributed by atoms with E-state index in [1.807, 2.05) is 13.0 Å². The van der Waals surface area contributed by atoms with Crippen LogP contribution in [0.4, 0.5) is 8.78 Å². The molecule has 24 heavy (non-hydrogen) atoms. The van der Waals surface area contributed by atoms with Gasteiger partial charge in [0, 0.05) is 12.0 Å². The summed E-state index contributed by atoms with van der Waals surface area (Å²) in [6.45, 7) is 7.69. The highest BCUT2D eigenvalue weighted by Gasteiger charge is 2.13. The molecule has 0 aliphatic heterocycles. The molecule has 0 spiro atoms. The second-order valence-electron chi connectivity index (χ2n) is 5.64. The van der Waals surface area contributed by atoms with E-state index in [0.29, 0.717) is 6.04 Å². The first kappa shape index (κ1) is 20.5. The smallest absolute Gasteiger partial charge is 0.123 e. The largest absolute Gasteiger partial charge is 0.295 e. The first-order valence-corrected chi connectivity index (χ1v) is 8.69. The van der Waals surface area contributed by atoms with Crippen molar-refractivity contribution in [2.24, 2.45) is 0 Å². The summed E-state index contributed by atoms with van der Waals surface area (Å²) in [6.07, 6.45) is 3.84. The Bertz CT molecular complexity index is 551. The molecule has 0 aliphatic rings. The van der Waals surface area contributed by atoms with Gasteiger partial charge in [-0.25, -0.2) is 8.78 Å². The molecular formula is C20H26F2NP. The average Bonchev–Trinajstić information content (AvgIpc) is 2.61. The topological polar surface area (TPSA) is 12.0 Å². The van der Waals surface area contributed by atoms with Gasteiger partial charge in [0.2, 0.25) is 0 Å². The van der Waals surface area contributed by atoms with Crippen LogP contribution in [0.25, 0.3) is 0 Å². The Hall–Kier alpha value is -1.57. The highest BCUT2D eigenvalue weighted by atomic mass is 31.0. The zero-order valence-corrected chi connectivity index (χ0v) is 15.5. The molecule has 1 nitrogen and oxygen atoms in total. The van der Waals surface area contributed by atoms with Gasteiger partial charge in [-0.2, -0.15) is 0 Å². The normalized spacial score (nSPS) is 11.6. The van der Waals surface area contributed by atoms with Crippen LogP contribution in [0.5, 0.6) is 0 Å². The fourth-order valence-electron chi connectivity index (χ4n) is 2.27. The molecule has 0 aliphatic carbocycles. The molecule has 2 aromatic rings. The average molecular weight is 349 g/mol. The molecule has 0 saturated heterocycles. The Balaban J connectivity index is 0.000000413. The van der Waals surface area contributed by atoms with Gasteiger partial charge in [-0.1, -0.05) is 53.1 Å². The van der Waals surface area contributed by atoms with Crippen molar-refractivity contribution in [3.63, 3.8) is 0 Å². The maximum absolute atomic E-state index is 12.9. The van der Waals surface area contributed by atoms with Gasteiger partial charge in [0.1, 0.15) is 11.6 Å². The summed E-state index contributed by atoms with van der Waals surface area (Å²) >= 11 is 0. The molecule has 2 rings (SSSR count). The molecule has 0 heterocycles. The van der Waals surface area contributed by atoms with Crippen molar-refractivity contribution in [1.82, 2.24) is 5.09 Å². The van der Waals surface area contributed by atoms with Crippen molar-refractivity contribution in [1.29, 1.82) is 0 Å². The summed E-state index contributed by atoms with van der Waals surface area (Å²) in [4.78, 5) is 0. The molecular weight excluding hydrogens is 323 g/mol. The van der Waals surface area contributed by atoms with Crippen LogP contribution in [0.2, 0.25) is 0 Å². The van der Waals surface area contributed by atoms with Gasteiger partial charge in [-0.05, 0) is 48.7 Å². The second-order valence-corrected chi connectivity index (χ2v) is 5.97. The van der Waals surface area contributed by atoms with Crippen LogP contribution < -0.4 is 5.09 Å². The maximum Gasteiger partial charge on any atom is 0.123 e. The predicted molar refractivity (Wildman–Crippen MR) is 102 cm³/mol. The van der Waals surface area contributed by atoms with Gasteiger partial charge < -0.3 is 0 Å². The van der Waals surface area contributed by atoms with Crippen molar-refractivity contribution in [3.8, 4) is 0 Å². The molecule has 130 valence electrons. The quantitative estimate of drug-likeness (QED) is 0.510. The Morgan fingerprint density at radius 1 is 1.00 bits per heavy atom. The molecule has 0 saturated carbocycles. The lowest BCUT2D eigenvalue weighted by atomic mass is 9.88. The lowest BCUT2D eigenvalue weighted by Gasteiger charge is -2.17. The van der Waals surface area contributed by atoms with E-state index in [1.165, 1.54) is 24.3 Å². The monoisotopic (exact) mass is 349 g/mol. The minimum absolute atomic E-state index is 0.205. The van der Waals surface area contributed by atoms with E-state index in [9.17, 15) is 8.78 Å². The highest BCUT2D eigenvalue weighted by molar-refractivity contribution is 7.13. The number of rotatable bonds is 6. The van der Waals surface area contributed by atoms with Crippen LogP contribution in [0.1, 0.15) is 43.7 Å². The fraction of sp³-hybridized carbons (Fsp3) is 0.300. The minimum atomic E-state index is -0.229. The van der Waals surface area contributed by atoms with E-state index in [0.717, 1.165) is 24.0 Å². The van der Waals surface area contributed by atoms with Crippen LogP contribution >= 0.6 is 9.39 Å². The molecule has 1 N–H and O–H groups in total. The van der Waals surface area contributed by atoms with Crippen molar-refractivity contribution in [2.75, 3.05) is 0 Å². The van der Waals surface area contributed by atoms with Gasteiger partial charge in [-0.3, -0.25) is 5.09 Å². The predicted octanol–water partition coefficient (Wildman–Crippen LogP) is 5.84. The molecule has 0 bridgehead atoms. The van der Waals surface area contributed by atoms with E-state index in [-0.39, 0.29) is 17.6 Å². The second kappa shape index (κ2) is 11.1. The number of hydrogen-bond donors (Lipinski definition) is 1. The van der Waals surface area contributed by atoms with Crippen molar-refractivity contribution < 1.29 is 8.78 Å². The first-order valence-electron chi connectivity index (χ1n) is 8.11. The standard InChI is InChI=1S/C16H16F2.C4H10NP/c1-2-3-16(12-4-8-14(17)9-5-12)13-6-10-15(18)11-7-13;1-3-4(2)5-6/h4-11,16H,2-3H2,1H3;3-5H,1,6H2,2H3. The Kier molecular flexibility index (Phi) is 9.44. The van der Waals surface area contributed by atoms with Crippen molar-refractivity contribution in [3.05, 3.63) is 83.9 Å². The van der Waals surface area contributed by atoms with Crippen LogP contribution in [0, 0.1) is 11.6 Å². The number of halogens is 2. The van der Waals surface area contributed by atoms with Crippen LogP contribution in [0.3, 0.4) is 0 Å². The third kappa shape index (κ3) is 6.90. The molecule has 2 atom stereocenters. The fourth-order valence-corrected chi connectivity index (χ4v) is 2.41. The summed E-state index contributed by atoms with van der Waals surface area (Å²) in [5.41, 5.74) is 2.15. The summed E-state index contributed by atoms with van der Waals surface area (Å²) in [6, 6.07) is 13.5. The first-order chi connectivity index (χ1) is 11.5. The van der Waals surface area contributed by atoms with Crippen molar-refractivity contribution in [2.45, 2.75) is 38.6 Å². The number of benzene rings is 2. The van der Waals surface area contributed by atoms with E-state index >= 15 is 0 Å². The minimum Gasteiger partial charge on any atom is -0.295 e. The van der Waals surface area contributed by atoms with Gasteiger partial charge in [-0.15, -0.1) is 6.58 Å². The van der Waals surface area contributed by atoms with Gasteiger partial charge in [0.25, 0.3) is 0 Å². The van der Waals surface area contributed by atoms with Crippen molar-refractivity contribution >= 4 is 9.39 Å². The molecule has 2 unspecified atom stereocenters. The summed E-state index contributed by atoms with van der Waals surface area (Å²) in [5, 5.41) is 2.91. The van der Waals surface area contributed by atoms with Crippen LogP contribution in [-0.2, 0) is 0 Å². The van der Waals surface area contributed by atoms with Crippen LogP contribution in [-0.4, -0.2) is 6.04 Å².